The second kappa shape index (κ2) is 10.9. The standard InChI is InChI=1S/C21H22Cl4N4O2/c22-14-5-12(6-15(23)8-14)11-29-4-3-16(28-19(9-26)21(29)31)10-27-20(30)13-1-2-17(24)18(25)7-13/h1-2,5-8,16,19,28H,3-4,9-11,26H2,(H,27,30). The second-order valence-electron chi connectivity index (χ2n) is 7.32. The lowest BCUT2D eigenvalue weighted by Gasteiger charge is -2.24. The smallest absolute Gasteiger partial charge is 0.251 e. The first kappa shape index (κ1) is 24.1. The van der Waals surface area contributed by atoms with Crippen molar-refractivity contribution >= 4 is 58.2 Å². The van der Waals surface area contributed by atoms with E-state index in [1.54, 1.807) is 35.2 Å². The molecule has 0 radical (unpaired) electrons. The van der Waals surface area contributed by atoms with Gasteiger partial charge in [0.15, 0.2) is 0 Å². The number of nitrogens with two attached hydrogens (primary N) is 1. The van der Waals surface area contributed by atoms with Gasteiger partial charge in [0.25, 0.3) is 5.91 Å². The summed E-state index contributed by atoms with van der Waals surface area (Å²) >= 11 is 24.0. The molecule has 2 aromatic carbocycles. The van der Waals surface area contributed by atoms with Crippen LogP contribution in [0.25, 0.3) is 0 Å². The van der Waals surface area contributed by atoms with Gasteiger partial charge in [0, 0.05) is 47.8 Å². The molecule has 1 fully saturated rings. The third-order valence-electron chi connectivity index (χ3n) is 5.02. The van der Waals surface area contributed by atoms with Crippen molar-refractivity contribution < 1.29 is 9.59 Å². The fourth-order valence-corrected chi connectivity index (χ4v) is 4.32. The zero-order valence-corrected chi connectivity index (χ0v) is 19.5. The molecular weight excluding hydrogens is 482 g/mol. The Hall–Kier alpha value is -1.54. The van der Waals surface area contributed by atoms with E-state index in [4.69, 9.17) is 52.1 Å². The normalized spacial score (nSPS) is 19.3. The topological polar surface area (TPSA) is 87.5 Å². The Morgan fingerprint density at radius 3 is 2.45 bits per heavy atom. The lowest BCUT2D eigenvalue weighted by atomic mass is 10.1. The van der Waals surface area contributed by atoms with E-state index in [1.165, 1.54) is 6.07 Å². The van der Waals surface area contributed by atoms with E-state index in [9.17, 15) is 9.59 Å². The first-order valence-electron chi connectivity index (χ1n) is 9.70. The maximum atomic E-state index is 12.9. The van der Waals surface area contributed by atoms with Crippen LogP contribution in [0.3, 0.4) is 0 Å². The molecular formula is C21H22Cl4N4O2. The first-order valence-corrected chi connectivity index (χ1v) is 11.2. The third kappa shape index (κ3) is 6.48. The molecule has 2 amide bonds. The molecule has 6 nitrogen and oxygen atoms in total. The quantitative estimate of drug-likeness (QED) is 0.560. The number of hydrogen-bond acceptors (Lipinski definition) is 4. The van der Waals surface area contributed by atoms with Crippen LogP contribution in [0.2, 0.25) is 20.1 Å². The van der Waals surface area contributed by atoms with Gasteiger partial charge in [-0.05, 0) is 48.4 Å². The van der Waals surface area contributed by atoms with Gasteiger partial charge in [-0.1, -0.05) is 46.4 Å². The van der Waals surface area contributed by atoms with Gasteiger partial charge in [0.1, 0.15) is 0 Å². The van der Waals surface area contributed by atoms with E-state index >= 15 is 0 Å². The van der Waals surface area contributed by atoms with E-state index in [-0.39, 0.29) is 24.4 Å². The molecule has 0 bridgehead atoms. The molecule has 4 N–H and O–H groups in total. The number of nitrogens with zero attached hydrogens (tertiary/aromatic N) is 1. The number of carbonyl (C=O) groups excluding carboxylic acids is 2. The van der Waals surface area contributed by atoms with Crippen LogP contribution in [0.15, 0.2) is 36.4 Å². The fourth-order valence-electron chi connectivity index (χ4n) is 3.45. The third-order valence-corrected chi connectivity index (χ3v) is 6.19. The van der Waals surface area contributed by atoms with Crippen molar-refractivity contribution in [2.24, 2.45) is 5.73 Å². The van der Waals surface area contributed by atoms with Gasteiger partial charge in [-0.2, -0.15) is 0 Å². The molecule has 3 rings (SSSR count). The summed E-state index contributed by atoms with van der Waals surface area (Å²) in [4.78, 5) is 27.1. The van der Waals surface area contributed by atoms with Crippen molar-refractivity contribution in [1.29, 1.82) is 0 Å². The number of rotatable bonds is 6. The summed E-state index contributed by atoms with van der Waals surface area (Å²) in [6, 6.07) is 9.23. The van der Waals surface area contributed by atoms with Gasteiger partial charge in [0.2, 0.25) is 5.91 Å². The highest BCUT2D eigenvalue weighted by molar-refractivity contribution is 6.42. The number of carbonyl (C=O) groups is 2. The van der Waals surface area contributed by atoms with Crippen LogP contribution < -0.4 is 16.4 Å². The molecule has 1 saturated heterocycles. The monoisotopic (exact) mass is 502 g/mol. The zero-order valence-electron chi connectivity index (χ0n) is 16.5. The van der Waals surface area contributed by atoms with E-state index in [0.29, 0.717) is 51.7 Å². The summed E-state index contributed by atoms with van der Waals surface area (Å²) < 4.78 is 0. The Labute approximate surface area is 201 Å². The minimum atomic E-state index is -0.552. The highest BCUT2D eigenvalue weighted by Crippen LogP contribution is 2.23. The molecule has 31 heavy (non-hydrogen) atoms. The zero-order chi connectivity index (χ0) is 22.5. The predicted octanol–water partition coefficient (Wildman–Crippen LogP) is 3.75. The lowest BCUT2D eigenvalue weighted by Crippen LogP contribution is -2.52. The van der Waals surface area contributed by atoms with Crippen LogP contribution in [0.1, 0.15) is 22.3 Å². The van der Waals surface area contributed by atoms with Crippen molar-refractivity contribution in [3.05, 3.63) is 67.6 Å². The van der Waals surface area contributed by atoms with Crippen LogP contribution in [-0.2, 0) is 11.3 Å². The second-order valence-corrected chi connectivity index (χ2v) is 9.00. The number of halogens is 4. The van der Waals surface area contributed by atoms with E-state index in [1.807, 2.05) is 0 Å². The summed E-state index contributed by atoms with van der Waals surface area (Å²) in [7, 11) is 0. The van der Waals surface area contributed by atoms with E-state index < -0.39 is 6.04 Å². The lowest BCUT2D eigenvalue weighted by molar-refractivity contribution is -0.133. The van der Waals surface area contributed by atoms with Crippen LogP contribution in [0, 0.1) is 0 Å². The van der Waals surface area contributed by atoms with Gasteiger partial charge < -0.3 is 21.3 Å². The van der Waals surface area contributed by atoms with Crippen LogP contribution in [0.4, 0.5) is 0 Å². The Bertz CT molecular complexity index is 952. The molecule has 1 heterocycles. The Kier molecular flexibility index (Phi) is 8.44. The average molecular weight is 504 g/mol. The molecule has 0 saturated carbocycles. The highest BCUT2D eigenvalue weighted by Gasteiger charge is 2.30. The SMILES string of the molecule is NCC1NC(CNC(=O)c2ccc(Cl)c(Cl)c2)CCN(Cc2cc(Cl)cc(Cl)c2)C1=O. The molecule has 0 spiro atoms. The maximum Gasteiger partial charge on any atom is 0.251 e. The maximum absolute atomic E-state index is 12.9. The highest BCUT2D eigenvalue weighted by atomic mass is 35.5. The molecule has 0 aliphatic carbocycles. The van der Waals surface area contributed by atoms with E-state index in [2.05, 4.69) is 10.6 Å². The van der Waals surface area contributed by atoms with Crippen molar-refractivity contribution in [2.75, 3.05) is 19.6 Å². The van der Waals surface area contributed by atoms with Crippen LogP contribution >= 0.6 is 46.4 Å². The summed E-state index contributed by atoms with van der Waals surface area (Å²) in [5.41, 5.74) is 7.09. The Morgan fingerprint density at radius 1 is 1.10 bits per heavy atom. The summed E-state index contributed by atoms with van der Waals surface area (Å²) in [6.07, 6.45) is 0.637. The average Bonchev–Trinajstić information content (AvgIpc) is 2.86. The van der Waals surface area contributed by atoms with Gasteiger partial charge in [-0.15, -0.1) is 0 Å². The molecule has 2 atom stereocenters. The van der Waals surface area contributed by atoms with Crippen molar-refractivity contribution in [3.8, 4) is 0 Å². The number of benzene rings is 2. The number of hydrogen-bond donors (Lipinski definition) is 3. The fraction of sp³-hybridized carbons (Fsp3) is 0.333. The molecule has 0 aromatic heterocycles. The van der Waals surface area contributed by atoms with Gasteiger partial charge in [-0.25, -0.2) is 0 Å². The molecule has 2 aromatic rings. The minimum Gasteiger partial charge on any atom is -0.350 e. The van der Waals surface area contributed by atoms with E-state index in [0.717, 1.165) is 5.56 Å². The van der Waals surface area contributed by atoms with Gasteiger partial charge >= 0.3 is 0 Å². The molecule has 166 valence electrons. The van der Waals surface area contributed by atoms with Crippen molar-refractivity contribution in [3.63, 3.8) is 0 Å². The summed E-state index contributed by atoms with van der Waals surface area (Å²) in [6.45, 7) is 1.35. The Morgan fingerprint density at radius 2 is 1.81 bits per heavy atom. The Balaban J connectivity index is 1.64. The number of amides is 2. The predicted molar refractivity (Wildman–Crippen MR) is 125 cm³/mol. The first-order chi connectivity index (χ1) is 14.8. The van der Waals surface area contributed by atoms with Gasteiger partial charge in [0.05, 0.1) is 16.1 Å². The minimum absolute atomic E-state index is 0.100. The van der Waals surface area contributed by atoms with Gasteiger partial charge in [-0.3, -0.25) is 9.59 Å². The van der Waals surface area contributed by atoms with Crippen molar-refractivity contribution in [1.82, 2.24) is 15.5 Å². The molecule has 1 aliphatic heterocycles. The largest absolute Gasteiger partial charge is 0.350 e. The molecule has 10 heteroatoms. The molecule has 2 unspecified atom stereocenters. The van der Waals surface area contributed by atoms with Crippen molar-refractivity contribution in [2.45, 2.75) is 25.0 Å². The van der Waals surface area contributed by atoms with Crippen LogP contribution in [0.5, 0.6) is 0 Å². The van der Waals surface area contributed by atoms with Crippen LogP contribution in [-0.4, -0.2) is 48.4 Å². The summed E-state index contributed by atoms with van der Waals surface area (Å²) in [5, 5.41) is 7.85. The summed E-state index contributed by atoms with van der Waals surface area (Å²) in [5.74, 6) is -0.373. The molecule has 1 aliphatic rings. The number of nitrogens with one attached hydrogen (secondary N) is 2.